The lowest BCUT2D eigenvalue weighted by atomic mass is 10.2. The van der Waals surface area contributed by atoms with Crippen LogP contribution in [0.25, 0.3) is 6.08 Å². The number of hydrogen-bond donors (Lipinski definition) is 1. The van der Waals surface area contributed by atoms with E-state index in [9.17, 15) is 18.8 Å². The van der Waals surface area contributed by atoms with Gasteiger partial charge in [0.05, 0.1) is 23.1 Å². The minimum atomic E-state index is -0.575. The molecule has 2 aromatic carbocycles. The standard InChI is InChI=1S/C21H18BrFN2O5S/c1-3-30-16-9-12(8-15(22)19(16)29-2)10-17-20(27)25(21(28)31-17)11-18(26)24-14-6-4-13(23)5-7-14/h4-10H,3,11H2,1-2H3,(H,24,26)/b17-10-. The number of imide groups is 1. The van der Waals surface area contributed by atoms with E-state index in [1.54, 1.807) is 18.2 Å². The Labute approximate surface area is 190 Å². The third-order valence-corrected chi connectivity index (χ3v) is 5.63. The van der Waals surface area contributed by atoms with Gasteiger partial charge >= 0.3 is 0 Å². The molecule has 3 rings (SSSR count). The van der Waals surface area contributed by atoms with Crippen LogP contribution in [0.4, 0.5) is 14.9 Å². The van der Waals surface area contributed by atoms with Crippen molar-refractivity contribution < 1.29 is 28.2 Å². The van der Waals surface area contributed by atoms with Crippen molar-refractivity contribution >= 4 is 56.5 Å². The smallest absolute Gasteiger partial charge is 0.294 e. The second-order valence-corrected chi connectivity index (χ2v) is 8.14. The zero-order valence-corrected chi connectivity index (χ0v) is 19.0. The number of methoxy groups -OCH3 is 1. The lowest BCUT2D eigenvalue weighted by molar-refractivity contribution is -0.127. The van der Waals surface area contributed by atoms with Crippen molar-refractivity contribution in [1.29, 1.82) is 0 Å². The van der Waals surface area contributed by atoms with Crippen molar-refractivity contribution in [1.82, 2.24) is 4.90 Å². The Morgan fingerprint density at radius 3 is 2.61 bits per heavy atom. The number of carbonyl (C=O) groups is 3. The van der Waals surface area contributed by atoms with Crippen molar-refractivity contribution in [3.05, 3.63) is 57.2 Å². The Morgan fingerprint density at radius 2 is 1.97 bits per heavy atom. The Hall–Kier alpha value is -2.85. The predicted octanol–water partition coefficient (Wildman–Crippen LogP) is 4.67. The van der Waals surface area contributed by atoms with Crippen LogP contribution >= 0.6 is 27.7 Å². The van der Waals surface area contributed by atoms with Gasteiger partial charge in [-0.25, -0.2) is 4.39 Å². The molecule has 1 aliphatic heterocycles. The fourth-order valence-electron chi connectivity index (χ4n) is 2.80. The van der Waals surface area contributed by atoms with Gasteiger partial charge in [-0.3, -0.25) is 19.3 Å². The molecule has 31 heavy (non-hydrogen) atoms. The van der Waals surface area contributed by atoms with Gasteiger partial charge in [0.1, 0.15) is 12.4 Å². The van der Waals surface area contributed by atoms with E-state index < -0.39 is 29.4 Å². The highest BCUT2D eigenvalue weighted by Gasteiger charge is 2.36. The van der Waals surface area contributed by atoms with Gasteiger partial charge < -0.3 is 14.8 Å². The van der Waals surface area contributed by atoms with E-state index in [4.69, 9.17) is 9.47 Å². The van der Waals surface area contributed by atoms with Gasteiger partial charge in [0, 0.05) is 5.69 Å². The highest BCUT2D eigenvalue weighted by Crippen LogP contribution is 2.39. The molecule has 0 spiro atoms. The molecule has 0 unspecified atom stereocenters. The maximum absolute atomic E-state index is 13.0. The van der Waals surface area contributed by atoms with Gasteiger partial charge in [-0.2, -0.15) is 0 Å². The lowest BCUT2D eigenvalue weighted by Gasteiger charge is -2.13. The second kappa shape index (κ2) is 9.97. The van der Waals surface area contributed by atoms with Gasteiger partial charge in [0.25, 0.3) is 11.1 Å². The molecule has 1 heterocycles. The third-order valence-electron chi connectivity index (χ3n) is 4.14. The highest BCUT2D eigenvalue weighted by molar-refractivity contribution is 9.10. The number of nitrogens with zero attached hydrogens (tertiary/aromatic N) is 1. The zero-order valence-electron chi connectivity index (χ0n) is 16.6. The summed E-state index contributed by atoms with van der Waals surface area (Å²) in [6, 6.07) is 8.60. The predicted molar refractivity (Wildman–Crippen MR) is 120 cm³/mol. The number of rotatable bonds is 7. The maximum atomic E-state index is 13.0. The first-order valence-corrected chi connectivity index (χ1v) is 10.7. The quantitative estimate of drug-likeness (QED) is 0.547. The summed E-state index contributed by atoms with van der Waals surface area (Å²) in [5.74, 6) is -0.574. The molecule has 1 N–H and O–H groups in total. The molecule has 0 bridgehead atoms. The largest absolute Gasteiger partial charge is 0.492 e. The number of carbonyl (C=O) groups excluding carboxylic acids is 3. The van der Waals surface area contributed by atoms with Gasteiger partial charge in [-0.1, -0.05) is 0 Å². The molecule has 162 valence electrons. The molecule has 0 atom stereocenters. The van der Waals surface area contributed by atoms with Crippen LogP contribution in [0.15, 0.2) is 45.8 Å². The van der Waals surface area contributed by atoms with Crippen LogP contribution in [0.1, 0.15) is 12.5 Å². The summed E-state index contributed by atoms with van der Waals surface area (Å²) in [5, 5.41) is 1.97. The summed E-state index contributed by atoms with van der Waals surface area (Å²) in [7, 11) is 1.52. The van der Waals surface area contributed by atoms with E-state index in [2.05, 4.69) is 21.2 Å². The number of benzene rings is 2. The summed E-state index contributed by atoms with van der Waals surface area (Å²) in [4.78, 5) is 38.3. The first-order valence-electron chi connectivity index (χ1n) is 9.13. The van der Waals surface area contributed by atoms with E-state index in [1.165, 1.54) is 31.4 Å². The van der Waals surface area contributed by atoms with E-state index in [0.29, 0.717) is 33.8 Å². The number of amides is 3. The number of halogens is 2. The summed E-state index contributed by atoms with van der Waals surface area (Å²) in [5.41, 5.74) is 0.984. The Bertz CT molecular complexity index is 1060. The van der Waals surface area contributed by atoms with Gasteiger partial charge in [0.15, 0.2) is 11.5 Å². The number of thioether (sulfide) groups is 1. The molecule has 0 saturated carbocycles. The van der Waals surface area contributed by atoms with Crippen LogP contribution in [-0.2, 0) is 9.59 Å². The van der Waals surface area contributed by atoms with Crippen LogP contribution in [0.5, 0.6) is 11.5 Å². The molecular weight excluding hydrogens is 491 g/mol. The molecule has 7 nitrogen and oxygen atoms in total. The molecule has 3 amide bonds. The number of nitrogens with one attached hydrogen (secondary N) is 1. The van der Waals surface area contributed by atoms with Gasteiger partial charge in [-0.05, 0) is 82.7 Å². The number of anilines is 1. The summed E-state index contributed by atoms with van der Waals surface area (Å²) in [6.45, 7) is 1.81. The maximum Gasteiger partial charge on any atom is 0.294 e. The molecule has 1 saturated heterocycles. The molecule has 0 radical (unpaired) electrons. The summed E-state index contributed by atoms with van der Waals surface area (Å²) >= 11 is 4.15. The Morgan fingerprint density at radius 1 is 1.26 bits per heavy atom. The molecule has 0 aromatic heterocycles. The van der Waals surface area contributed by atoms with Crippen LogP contribution in [-0.4, -0.2) is 42.2 Å². The average Bonchev–Trinajstić information content (AvgIpc) is 2.97. The second-order valence-electron chi connectivity index (χ2n) is 6.29. The topological polar surface area (TPSA) is 84.9 Å². The number of hydrogen-bond acceptors (Lipinski definition) is 6. The Kier molecular flexibility index (Phi) is 7.34. The molecule has 0 aliphatic carbocycles. The third kappa shape index (κ3) is 5.45. The van der Waals surface area contributed by atoms with Gasteiger partial charge in [0.2, 0.25) is 5.91 Å². The SMILES string of the molecule is CCOc1cc(/C=C2\SC(=O)N(CC(=O)Nc3ccc(F)cc3)C2=O)cc(Br)c1OC. The van der Waals surface area contributed by atoms with Gasteiger partial charge in [-0.15, -0.1) is 0 Å². The molecule has 10 heteroatoms. The molecule has 1 aliphatic rings. The first kappa shape index (κ1) is 22.8. The van der Waals surface area contributed by atoms with Crippen molar-refractivity contribution in [2.75, 3.05) is 25.6 Å². The Balaban J connectivity index is 1.75. The van der Waals surface area contributed by atoms with Crippen molar-refractivity contribution in [3.63, 3.8) is 0 Å². The van der Waals surface area contributed by atoms with Crippen molar-refractivity contribution in [2.24, 2.45) is 0 Å². The zero-order chi connectivity index (χ0) is 22.5. The number of ether oxygens (including phenoxy) is 2. The highest BCUT2D eigenvalue weighted by atomic mass is 79.9. The van der Waals surface area contributed by atoms with Crippen molar-refractivity contribution in [2.45, 2.75) is 6.92 Å². The van der Waals surface area contributed by atoms with Crippen molar-refractivity contribution in [3.8, 4) is 11.5 Å². The summed E-state index contributed by atoms with van der Waals surface area (Å²) < 4.78 is 24.5. The van der Waals surface area contributed by atoms with Crippen LogP contribution < -0.4 is 14.8 Å². The minimum Gasteiger partial charge on any atom is -0.492 e. The monoisotopic (exact) mass is 508 g/mol. The molecular formula is C21H18BrFN2O5S. The van der Waals surface area contributed by atoms with Crippen LogP contribution in [0, 0.1) is 5.82 Å². The fraction of sp³-hybridized carbons (Fsp3) is 0.190. The van der Waals surface area contributed by atoms with Crippen LogP contribution in [0.3, 0.4) is 0 Å². The normalized spacial score (nSPS) is 14.8. The first-order chi connectivity index (χ1) is 14.8. The van der Waals surface area contributed by atoms with E-state index in [-0.39, 0.29) is 4.91 Å². The molecule has 1 fully saturated rings. The van der Waals surface area contributed by atoms with E-state index in [0.717, 1.165) is 16.7 Å². The average molecular weight is 509 g/mol. The molecule has 2 aromatic rings. The minimum absolute atomic E-state index is 0.180. The lowest BCUT2D eigenvalue weighted by Crippen LogP contribution is -2.36. The fourth-order valence-corrected chi connectivity index (χ4v) is 4.26. The van der Waals surface area contributed by atoms with E-state index in [1.807, 2.05) is 6.92 Å². The van der Waals surface area contributed by atoms with E-state index >= 15 is 0 Å². The van der Waals surface area contributed by atoms with Crippen LogP contribution in [0.2, 0.25) is 0 Å². The summed E-state index contributed by atoms with van der Waals surface area (Å²) in [6.07, 6.45) is 1.55.